The number of aromatic nitrogens is 1. The number of nitrogens with one attached hydrogen (secondary N) is 2. The predicted octanol–water partition coefficient (Wildman–Crippen LogP) is -0.0856. The molecule has 0 unspecified atom stereocenters. The Morgan fingerprint density at radius 1 is 1.44 bits per heavy atom. The fraction of sp³-hybridized carbons (Fsp3) is 0.400. The zero-order chi connectivity index (χ0) is 11.5. The highest BCUT2D eigenvalue weighted by molar-refractivity contribution is 5.93. The van der Waals surface area contributed by atoms with Crippen LogP contribution >= 0.6 is 0 Å². The molecule has 1 fully saturated rings. The number of nitrogens with zero attached hydrogens (tertiary/aromatic N) is 2. The van der Waals surface area contributed by atoms with Gasteiger partial charge in [-0.15, -0.1) is 0 Å². The Morgan fingerprint density at radius 2 is 2.12 bits per heavy atom. The lowest BCUT2D eigenvalue weighted by molar-refractivity contribution is 0.570. The smallest absolute Gasteiger partial charge is 0.215 e. The largest absolute Gasteiger partial charge is 0.382 e. The molecule has 2 rings (SSSR count). The first-order valence-corrected chi connectivity index (χ1v) is 5.14. The first-order chi connectivity index (χ1) is 7.66. The topological polar surface area (TPSA) is 78.0 Å². The molecular formula is C10H14FN5. The minimum absolute atomic E-state index is 0.188. The van der Waals surface area contributed by atoms with Crippen LogP contribution in [0.2, 0.25) is 0 Å². The molecule has 0 spiro atoms. The molecule has 0 amide bonds. The van der Waals surface area contributed by atoms with Gasteiger partial charge in [0.25, 0.3) is 0 Å². The van der Waals surface area contributed by atoms with Gasteiger partial charge in [0.1, 0.15) is 11.5 Å². The highest BCUT2D eigenvalue weighted by Gasteiger charge is 2.13. The van der Waals surface area contributed by atoms with Gasteiger partial charge in [-0.1, -0.05) is 0 Å². The van der Waals surface area contributed by atoms with Gasteiger partial charge in [0, 0.05) is 37.9 Å². The maximum absolute atomic E-state index is 13.2. The Kier molecular flexibility index (Phi) is 3.00. The van der Waals surface area contributed by atoms with Gasteiger partial charge in [0.15, 0.2) is 0 Å². The summed E-state index contributed by atoms with van der Waals surface area (Å²) in [6, 6.07) is 3.02. The lowest BCUT2D eigenvalue weighted by Crippen LogP contribution is -2.43. The van der Waals surface area contributed by atoms with Crippen LogP contribution in [-0.2, 0) is 0 Å². The van der Waals surface area contributed by atoms with E-state index in [0.717, 1.165) is 31.9 Å². The second kappa shape index (κ2) is 4.44. The van der Waals surface area contributed by atoms with Crippen LogP contribution in [0.15, 0.2) is 12.1 Å². The van der Waals surface area contributed by atoms with E-state index in [1.54, 1.807) is 6.07 Å². The lowest BCUT2D eigenvalue weighted by atomic mass is 10.2. The molecule has 0 saturated carbocycles. The summed E-state index contributed by atoms with van der Waals surface area (Å²) in [6.07, 6.45) is 0. The second-order valence-corrected chi connectivity index (χ2v) is 3.68. The molecule has 0 bridgehead atoms. The SMILES string of the molecule is N=C(N)c1cc(N2CCNCC2)cc(F)n1. The van der Waals surface area contributed by atoms with Crippen molar-refractivity contribution in [2.45, 2.75) is 0 Å². The summed E-state index contributed by atoms with van der Waals surface area (Å²) in [5.41, 5.74) is 6.23. The minimum Gasteiger partial charge on any atom is -0.382 e. The van der Waals surface area contributed by atoms with Crippen molar-refractivity contribution in [3.05, 3.63) is 23.8 Å². The molecule has 0 atom stereocenters. The Morgan fingerprint density at radius 3 is 2.75 bits per heavy atom. The number of anilines is 1. The number of hydrogen-bond donors (Lipinski definition) is 3. The predicted molar refractivity (Wildman–Crippen MR) is 60.3 cm³/mol. The van der Waals surface area contributed by atoms with E-state index in [1.165, 1.54) is 6.07 Å². The zero-order valence-electron chi connectivity index (χ0n) is 8.83. The summed E-state index contributed by atoms with van der Waals surface area (Å²) in [6.45, 7) is 3.39. The van der Waals surface area contributed by atoms with E-state index < -0.39 is 5.95 Å². The van der Waals surface area contributed by atoms with E-state index in [1.807, 2.05) is 4.90 Å². The normalized spacial score (nSPS) is 16.2. The van der Waals surface area contributed by atoms with Crippen LogP contribution in [-0.4, -0.2) is 37.0 Å². The van der Waals surface area contributed by atoms with Crippen LogP contribution in [0.5, 0.6) is 0 Å². The maximum Gasteiger partial charge on any atom is 0.215 e. The molecule has 1 aliphatic heterocycles. The third kappa shape index (κ3) is 2.27. The van der Waals surface area contributed by atoms with Crippen LogP contribution < -0.4 is 16.0 Å². The third-order valence-electron chi connectivity index (χ3n) is 2.54. The zero-order valence-corrected chi connectivity index (χ0v) is 8.83. The van der Waals surface area contributed by atoms with Gasteiger partial charge >= 0.3 is 0 Å². The van der Waals surface area contributed by atoms with Gasteiger partial charge in [0.2, 0.25) is 5.95 Å². The molecule has 0 aromatic carbocycles. The van der Waals surface area contributed by atoms with Crippen LogP contribution in [0.3, 0.4) is 0 Å². The van der Waals surface area contributed by atoms with Gasteiger partial charge in [-0.2, -0.15) is 4.39 Å². The number of piperazine rings is 1. The van der Waals surface area contributed by atoms with E-state index in [0.29, 0.717) is 0 Å². The summed E-state index contributed by atoms with van der Waals surface area (Å²) in [4.78, 5) is 5.62. The number of hydrogen-bond acceptors (Lipinski definition) is 4. The standard InChI is InChI=1S/C10H14FN5/c11-9-6-7(5-8(15-9)10(12)13)16-3-1-14-2-4-16/h5-6,14H,1-4H2,(H3,12,13). The summed E-state index contributed by atoms with van der Waals surface area (Å²) in [5.74, 6) is -0.808. The van der Waals surface area contributed by atoms with Crippen LogP contribution in [0.4, 0.5) is 10.1 Å². The summed E-state index contributed by atoms with van der Waals surface area (Å²) >= 11 is 0. The molecule has 1 aliphatic rings. The maximum atomic E-state index is 13.2. The van der Waals surface area contributed by atoms with Crippen LogP contribution in [0.25, 0.3) is 0 Å². The number of rotatable bonds is 2. The molecule has 86 valence electrons. The Balaban J connectivity index is 2.28. The number of pyridine rings is 1. The summed E-state index contributed by atoms with van der Waals surface area (Å²) < 4.78 is 13.2. The molecule has 1 aromatic heterocycles. The van der Waals surface area contributed by atoms with Crippen molar-refractivity contribution in [1.82, 2.24) is 10.3 Å². The quantitative estimate of drug-likeness (QED) is 0.372. The third-order valence-corrected chi connectivity index (χ3v) is 2.54. The molecule has 1 saturated heterocycles. The monoisotopic (exact) mass is 223 g/mol. The summed E-state index contributed by atoms with van der Waals surface area (Å²) in [5, 5.41) is 10.5. The number of nitrogen functional groups attached to an aromatic ring is 1. The second-order valence-electron chi connectivity index (χ2n) is 3.68. The highest BCUT2D eigenvalue weighted by Crippen LogP contribution is 2.16. The molecule has 6 heteroatoms. The first kappa shape index (κ1) is 10.8. The van der Waals surface area contributed by atoms with Crippen molar-refractivity contribution in [1.29, 1.82) is 5.41 Å². The molecule has 0 aliphatic carbocycles. The Labute approximate surface area is 93.0 Å². The van der Waals surface area contributed by atoms with E-state index in [-0.39, 0.29) is 11.5 Å². The fourth-order valence-corrected chi connectivity index (χ4v) is 1.73. The number of nitrogens with two attached hydrogens (primary N) is 1. The molecule has 5 nitrogen and oxygen atoms in total. The van der Waals surface area contributed by atoms with Crippen molar-refractivity contribution < 1.29 is 4.39 Å². The minimum atomic E-state index is -0.596. The van der Waals surface area contributed by atoms with Gasteiger partial charge in [-0.05, 0) is 6.07 Å². The Bertz CT molecular complexity index is 400. The van der Waals surface area contributed by atoms with Gasteiger partial charge in [-0.3, -0.25) is 5.41 Å². The van der Waals surface area contributed by atoms with Crippen LogP contribution in [0, 0.1) is 11.4 Å². The van der Waals surface area contributed by atoms with Crippen molar-refractivity contribution in [2.75, 3.05) is 31.1 Å². The van der Waals surface area contributed by atoms with Crippen molar-refractivity contribution >= 4 is 11.5 Å². The van der Waals surface area contributed by atoms with Crippen molar-refractivity contribution in [2.24, 2.45) is 5.73 Å². The molecule has 2 heterocycles. The number of amidine groups is 1. The van der Waals surface area contributed by atoms with Gasteiger partial charge in [-0.25, -0.2) is 4.98 Å². The average molecular weight is 223 g/mol. The van der Waals surface area contributed by atoms with Crippen LogP contribution in [0.1, 0.15) is 5.69 Å². The number of halogens is 1. The van der Waals surface area contributed by atoms with Gasteiger partial charge < -0.3 is 16.0 Å². The molecular weight excluding hydrogens is 209 g/mol. The fourth-order valence-electron chi connectivity index (χ4n) is 1.73. The average Bonchev–Trinajstić information content (AvgIpc) is 2.29. The molecule has 1 aromatic rings. The van der Waals surface area contributed by atoms with E-state index in [4.69, 9.17) is 11.1 Å². The molecule has 16 heavy (non-hydrogen) atoms. The Hall–Kier alpha value is -1.69. The van der Waals surface area contributed by atoms with E-state index in [2.05, 4.69) is 10.3 Å². The van der Waals surface area contributed by atoms with E-state index >= 15 is 0 Å². The lowest BCUT2D eigenvalue weighted by Gasteiger charge is -2.29. The highest BCUT2D eigenvalue weighted by atomic mass is 19.1. The summed E-state index contributed by atoms with van der Waals surface area (Å²) in [7, 11) is 0. The van der Waals surface area contributed by atoms with E-state index in [9.17, 15) is 4.39 Å². The van der Waals surface area contributed by atoms with Gasteiger partial charge in [0.05, 0.1) is 0 Å². The first-order valence-electron chi connectivity index (χ1n) is 5.14. The molecule has 0 radical (unpaired) electrons. The van der Waals surface area contributed by atoms with Crippen molar-refractivity contribution in [3.8, 4) is 0 Å². The van der Waals surface area contributed by atoms with Crippen molar-refractivity contribution in [3.63, 3.8) is 0 Å². The molecule has 4 N–H and O–H groups in total.